The average Bonchev–Trinajstić information content (AvgIpc) is 2.91. The van der Waals surface area contributed by atoms with Gasteiger partial charge in [0.1, 0.15) is 5.76 Å². The van der Waals surface area contributed by atoms with Gasteiger partial charge >= 0.3 is 0 Å². The smallest absolute Gasteiger partial charge is 0.152 e. The van der Waals surface area contributed by atoms with Gasteiger partial charge in [0.25, 0.3) is 0 Å². The van der Waals surface area contributed by atoms with E-state index >= 15 is 0 Å². The number of nitrogens with one attached hydrogen (secondary N) is 1. The van der Waals surface area contributed by atoms with E-state index < -0.39 is 0 Å². The molecule has 0 aliphatic rings. The fourth-order valence-corrected chi connectivity index (χ4v) is 2.48. The fraction of sp³-hybridized carbons (Fsp3) is 0.500. The highest BCUT2D eigenvalue weighted by atomic mass is 35.5. The number of para-hydroxylation sites is 1. The van der Waals surface area contributed by atoms with Crippen LogP contribution in [0.3, 0.4) is 0 Å². The molecule has 5 heteroatoms. The van der Waals surface area contributed by atoms with E-state index in [2.05, 4.69) is 12.2 Å². The van der Waals surface area contributed by atoms with Crippen LogP contribution in [0.15, 0.2) is 28.7 Å². The van der Waals surface area contributed by atoms with E-state index in [1.807, 2.05) is 24.3 Å². The van der Waals surface area contributed by atoms with Gasteiger partial charge in [-0.25, -0.2) is 0 Å². The topological polar surface area (TPSA) is 43.6 Å². The van der Waals surface area contributed by atoms with Gasteiger partial charge in [0.05, 0.1) is 24.3 Å². The molecule has 1 atom stereocenters. The summed E-state index contributed by atoms with van der Waals surface area (Å²) in [4.78, 5) is 0. The van der Waals surface area contributed by atoms with Gasteiger partial charge in [-0.1, -0.05) is 30.7 Å². The van der Waals surface area contributed by atoms with Crippen LogP contribution in [-0.2, 0) is 9.47 Å². The first-order valence-corrected chi connectivity index (χ1v) is 7.62. The first-order chi connectivity index (χ1) is 10.3. The van der Waals surface area contributed by atoms with Crippen LogP contribution in [-0.4, -0.2) is 33.5 Å². The van der Waals surface area contributed by atoms with Crippen LogP contribution in [0.5, 0.6) is 0 Å². The highest BCUT2D eigenvalue weighted by molar-refractivity contribution is 6.34. The van der Waals surface area contributed by atoms with Gasteiger partial charge < -0.3 is 19.2 Å². The molecule has 1 N–H and O–H groups in total. The van der Waals surface area contributed by atoms with Gasteiger partial charge in [-0.2, -0.15) is 0 Å². The van der Waals surface area contributed by atoms with E-state index in [9.17, 15) is 0 Å². The molecule has 0 saturated heterocycles. The third kappa shape index (κ3) is 4.45. The monoisotopic (exact) mass is 311 g/mol. The number of methoxy groups -OCH3 is 1. The molecule has 0 radical (unpaired) electrons. The zero-order valence-electron chi connectivity index (χ0n) is 12.5. The summed E-state index contributed by atoms with van der Waals surface area (Å²) >= 11 is 6.16. The molecule has 0 amide bonds. The summed E-state index contributed by atoms with van der Waals surface area (Å²) in [5, 5.41) is 5.09. The van der Waals surface area contributed by atoms with Crippen molar-refractivity contribution in [1.29, 1.82) is 0 Å². The molecule has 116 valence electrons. The number of furan rings is 1. The zero-order chi connectivity index (χ0) is 15.1. The lowest BCUT2D eigenvalue weighted by molar-refractivity contribution is 0.0650. The Bertz CT molecular complexity index is 555. The molecule has 0 bridgehead atoms. The second kappa shape index (κ2) is 8.39. The van der Waals surface area contributed by atoms with Gasteiger partial charge in [0.2, 0.25) is 0 Å². The summed E-state index contributed by atoms with van der Waals surface area (Å²) in [5.41, 5.74) is 0.748. The average molecular weight is 312 g/mol. The summed E-state index contributed by atoms with van der Waals surface area (Å²) in [7, 11) is 1.67. The summed E-state index contributed by atoms with van der Waals surface area (Å²) in [5.74, 6) is 0.898. The Morgan fingerprint density at radius 3 is 2.86 bits per heavy atom. The van der Waals surface area contributed by atoms with Crippen molar-refractivity contribution in [3.05, 3.63) is 35.0 Å². The molecule has 21 heavy (non-hydrogen) atoms. The molecule has 0 saturated carbocycles. The maximum absolute atomic E-state index is 6.16. The summed E-state index contributed by atoms with van der Waals surface area (Å²) in [6.07, 6.45) is 0.842. The number of benzene rings is 1. The van der Waals surface area contributed by atoms with E-state index in [-0.39, 0.29) is 6.04 Å². The molecule has 0 fully saturated rings. The predicted octanol–water partition coefficient (Wildman–Crippen LogP) is 3.79. The highest BCUT2D eigenvalue weighted by Gasteiger charge is 2.16. The van der Waals surface area contributed by atoms with Crippen molar-refractivity contribution in [1.82, 2.24) is 5.32 Å². The number of hydrogen-bond donors (Lipinski definition) is 1. The normalized spacial score (nSPS) is 12.9. The van der Waals surface area contributed by atoms with Crippen LogP contribution >= 0.6 is 11.6 Å². The predicted molar refractivity (Wildman–Crippen MR) is 85.0 cm³/mol. The van der Waals surface area contributed by atoms with Gasteiger partial charge in [-0.15, -0.1) is 0 Å². The number of ether oxygens (including phenoxy) is 2. The van der Waals surface area contributed by atoms with Crippen LogP contribution in [0, 0.1) is 0 Å². The minimum atomic E-state index is 0.126. The van der Waals surface area contributed by atoms with Gasteiger partial charge in [0, 0.05) is 19.1 Å². The molecule has 1 aromatic heterocycles. The Morgan fingerprint density at radius 1 is 1.29 bits per heavy atom. The molecular weight excluding hydrogens is 290 g/mol. The van der Waals surface area contributed by atoms with Crippen molar-refractivity contribution in [2.75, 3.05) is 33.5 Å². The molecule has 2 rings (SSSR count). The molecule has 1 unspecified atom stereocenters. The second-order valence-electron chi connectivity index (χ2n) is 4.81. The Labute approximate surface area is 130 Å². The van der Waals surface area contributed by atoms with E-state index in [0.29, 0.717) is 24.8 Å². The molecule has 0 aliphatic heterocycles. The quantitative estimate of drug-likeness (QED) is 0.716. The lowest BCUT2D eigenvalue weighted by Gasteiger charge is -2.15. The van der Waals surface area contributed by atoms with Crippen LogP contribution in [0.2, 0.25) is 5.02 Å². The van der Waals surface area contributed by atoms with Crippen molar-refractivity contribution in [3.8, 4) is 0 Å². The number of rotatable bonds is 9. The first-order valence-electron chi connectivity index (χ1n) is 7.24. The number of fused-ring (bicyclic) bond motifs is 1. The lowest BCUT2D eigenvalue weighted by Crippen LogP contribution is -2.22. The van der Waals surface area contributed by atoms with Gasteiger partial charge in [0.15, 0.2) is 5.58 Å². The van der Waals surface area contributed by atoms with Crippen molar-refractivity contribution in [3.63, 3.8) is 0 Å². The maximum Gasteiger partial charge on any atom is 0.152 e. The van der Waals surface area contributed by atoms with Crippen LogP contribution in [0.4, 0.5) is 0 Å². The van der Waals surface area contributed by atoms with E-state index in [1.54, 1.807) is 7.11 Å². The molecule has 2 aromatic rings. The third-order valence-electron chi connectivity index (χ3n) is 3.29. The third-order valence-corrected chi connectivity index (χ3v) is 3.59. The standard InChI is InChI=1S/C16H22ClNO3/c1-3-18-14(7-8-20-10-9-19-2)15-11-12-5-4-6-13(17)16(12)21-15/h4-6,11,14,18H,3,7-10H2,1-2H3. The summed E-state index contributed by atoms with van der Waals surface area (Å²) in [6.45, 7) is 4.83. The Kier molecular flexibility index (Phi) is 6.51. The first kappa shape index (κ1) is 16.3. The maximum atomic E-state index is 6.16. The largest absolute Gasteiger partial charge is 0.458 e. The van der Waals surface area contributed by atoms with Gasteiger partial charge in [-0.05, 0) is 25.1 Å². The number of halogens is 1. The number of hydrogen-bond acceptors (Lipinski definition) is 4. The minimum Gasteiger partial charge on any atom is -0.458 e. The van der Waals surface area contributed by atoms with Crippen molar-refractivity contribution < 1.29 is 13.9 Å². The van der Waals surface area contributed by atoms with Crippen LogP contribution in [0.25, 0.3) is 11.0 Å². The SMILES string of the molecule is CCNC(CCOCCOC)c1cc2cccc(Cl)c2o1. The van der Waals surface area contributed by atoms with Crippen molar-refractivity contribution in [2.45, 2.75) is 19.4 Å². The molecule has 4 nitrogen and oxygen atoms in total. The lowest BCUT2D eigenvalue weighted by atomic mass is 10.1. The molecule has 1 heterocycles. The molecule has 0 aliphatic carbocycles. The van der Waals surface area contributed by atoms with Gasteiger partial charge in [-0.3, -0.25) is 0 Å². The highest BCUT2D eigenvalue weighted by Crippen LogP contribution is 2.30. The van der Waals surface area contributed by atoms with Crippen LogP contribution < -0.4 is 5.32 Å². The molecule has 1 aromatic carbocycles. The Balaban J connectivity index is 2.03. The minimum absolute atomic E-state index is 0.126. The zero-order valence-corrected chi connectivity index (χ0v) is 13.3. The van der Waals surface area contributed by atoms with E-state index in [0.717, 1.165) is 29.7 Å². The summed E-state index contributed by atoms with van der Waals surface area (Å²) in [6, 6.07) is 7.95. The van der Waals surface area contributed by atoms with E-state index in [1.165, 1.54) is 0 Å². The van der Waals surface area contributed by atoms with Crippen molar-refractivity contribution >= 4 is 22.6 Å². The molecular formula is C16H22ClNO3. The summed E-state index contributed by atoms with van der Waals surface area (Å²) < 4.78 is 16.4. The van der Waals surface area contributed by atoms with Crippen LogP contribution in [0.1, 0.15) is 25.1 Å². The second-order valence-corrected chi connectivity index (χ2v) is 5.22. The van der Waals surface area contributed by atoms with Crippen molar-refractivity contribution in [2.24, 2.45) is 0 Å². The van der Waals surface area contributed by atoms with E-state index in [4.69, 9.17) is 25.5 Å². The fourth-order valence-electron chi connectivity index (χ4n) is 2.26. The Hall–Kier alpha value is -1.07. The Morgan fingerprint density at radius 2 is 2.14 bits per heavy atom. The molecule has 0 spiro atoms.